The SMILES string of the molecule is CCS(=O)(=O)Nc1ccc(-c2n[nH]c(Cc3ccccc3)n2)cc1. The molecule has 0 atom stereocenters. The maximum absolute atomic E-state index is 11.6. The summed E-state index contributed by atoms with van der Waals surface area (Å²) in [5.74, 6) is 1.41. The molecule has 1 heterocycles. The number of aromatic amines is 1. The average Bonchev–Trinajstić information content (AvgIpc) is 3.05. The maximum atomic E-state index is 11.6. The Morgan fingerprint density at radius 2 is 1.75 bits per heavy atom. The van der Waals surface area contributed by atoms with Gasteiger partial charge in [0.1, 0.15) is 5.82 Å². The summed E-state index contributed by atoms with van der Waals surface area (Å²) >= 11 is 0. The fourth-order valence-corrected chi connectivity index (χ4v) is 2.87. The van der Waals surface area contributed by atoms with Crippen LogP contribution in [0, 0.1) is 0 Å². The molecule has 1 aromatic heterocycles. The fraction of sp³-hybridized carbons (Fsp3) is 0.176. The highest BCUT2D eigenvalue weighted by molar-refractivity contribution is 7.92. The molecule has 6 nitrogen and oxygen atoms in total. The van der Waals surface area contributed by atoms with Crippen molar-refractivity contribution in [1.82, 2.24) is 15.2 Å². The van der Waals surface area contributed by atoms with Gasteiger partial charge in [-0.3, -0.25) is 9.82 Å². The summed E-state index contributed by atoms with van der Waals surface area (Å²) in [7, 11) is -3.27. The second kappa shape index (κ2) is 6.84. The molecule has 0 radical (unpaired) electrons. The molecule has 0 saturated carbocycles. The van der Waals surface area contributed by atoms with Crippen molar-refractivity contribution in [2.75, 3.05) is 10.5 Å². The summed E-state index contributed by atoms with van der Waals surface area (Å²) in [5.41, 5.74) is 2.51. The first kappa shape index (κ1) is 16.2. The smallest absolute Gasteiger partial charge is 0.232 e. The topological polar surface area (TPSA) is 87.7 Å². The van der Waals surface area contributed by atoms with E-state index in [1.807, 2.05) is 30.3 Å². The van der Waals surface area contributed by atoms with E-state index in [1.54, 1.807) is 31.2 Å². The van der Waals surface area contributed by atoms with Gasteiger partial charge in [-0.15, -0.1) is 0 Å². The molecule has 7 heteroatoms. The van der Waals surface area contributed by atoms with Crippen molar-refractivity contribution in [3.05, 3.63) is 66.0 Å². The summed E-state index contributed by atoms with van der Waals surface area (Å²) < 4.78 is 25.6. The van der Waals surface area contributed by atoms with Gasteiger partial charge in [0.25, 0.3) is 0 Å². The van der Waals surface area contributed by atoms with Crippen molar-refractivity contribution in [3.63, 3.8) is 0 Å². The first-order chi connectivity index (χ1) is 11.6. The van der Waals surface area contributed by atoms with Crippen LogP contribution in [0.5, 0.6) is 0 Å². The van der Waals surface area contributed by atoms with E-state index < -0.39 is 10.0 Å². The van der Waals surface area contributed by atoms with Crippen LogP contribution in [0.4, 0.5) is 5.69 Å². The number of aromatic nitrogens is 3. The molecule has 0 aliphatic heterocycles. The number of benzene rings is 2. The normalized spacial score (nSPS) is 11.4. The summed E-state index contributed by atoms with van der Waals surface area (Å²) in [6.07, 6.45) is 0.683. The highest BCUT2D eigenvalue weighted by Gasteiger charge is 2.09. The second-order valence-electron chi connectivity index (χ2n) is 5.35. The van der Waals surface area contributed by atoms with Gasteiger partial charge in [0.15, 0.2) is 5.82 Å². The molecular formula is C17H18N4O2S. The molecule has 3 aromatic rings. The number of anilines is 1. The Hall–Kier alpha value is -2.67. The Labute approximate surface area is 141 Å². The Morgan fingerprint density at radius 3 is 2.42 bits per heavy atom. The molecule has 0 bridgehead atoms. The summed E-state index contributed by atoms with van der Waals surface area (Å²) in [5, 5.41) is 7.17. The molecular weight excluding hydrogens is 324 g/mol. The first-order valence-corrected chi connectivity index (χ1v) is 9.27. The molecule has 0 spiro atoms. The number of sulfonamides is 1. The van der Waals surface area contributed by atoms with E-state index in [2.05, 4.69) is 19.9 Å². The second-order valence-corrected chi connectivity index (χ2v) is 7.36. The van der Waals surface area contributed by atoms with E-state index in [-0.39, 0.29) is 5.75 Å². The maximum Gasteiger partial charge on any atom is 0.232 e. The van der Waals surface area contributed by atoms with Gasteiger partial charge in [0, 0.05) is 17.7 Å². The van der Waals surface area contributed by atoms with Gasteiger partial charge in [-0.2, -0.15) is 5.10 Å². The van der Waals surface area contributed by atoms with E-state index in [9.17, 15) is 8.42 Å². The molecule has 0 aliphatic carbocycles. The van der Waals surface area contributed by atoms with Crippen LogP contribution in [-0.4, -0.2) is 29.4 Å². The van der Waals surface area contributed by atoms with Gasteiger partial charge in [-0.05, 0) is 36.8 Å². The van der Waals surface area contributed by atoms with E-state index in [1.165, 1.54) is 0 Å². The van der Waals surface area contributed by atoms with Gasteiger partial charge < -0.3 is 0 Å². The van der Waals surface area contributed by atoms with Crippen LogP contribution < -0.4 is 4.72 Å². The molecule has 0 aliphatic rings. The number of H-pyrrole nitrogens is 1. The van der Waals surface area contributed by atoms with E-state index >= 15 is 0 Å². The van der Waals surface area contributed by atoms with E-state index in [0.29, 0.717) is 17.9 Å². The molecule has 124 valence electrons. The monoisotopic (exact) mass is 342 g/mol. The standard InChI is InChI=1S/C17H18N4O2S/c1-2-24(22,23)21-15-10-8-14(9-11-15)17-18-16(19-20-17)12-13-6-4-3-5-7-13/h3-11,21H,2,12H2,1H3,(H,18,19,20). The van der Waals surface area contributed by atoms with Gasteiger partial charge in [0.2, 0.25) is 10.0 Å². The number of rotatable bonds is 6. The molecule has 0 amide bonds. The fourth-order valence-electron chi connectivity index (χ4n) is 2.23. The van der Waals surface area contributed by atoms with Gasteiger partial charge in [-0.25, -0.2) is 13.4 Å². The lowest BCUT2D eigenvalue weighted by Crippen LogP contribution is -2.14. The third kappa shape index (κ3) is 3.99. The number of nitrogens with one attached hydrogen (secondary N) is 2. The van der Waals surface area contributed by atoms with E-state index in [4.69, 9.17) is 0 Å². The highest BCUT2D eigenvalue weighted by Crippen LogP contribution is 2.19. The molecule has 2 aromatic carbocycles. The highest BCUT2D eigenvalue weighted by atomic mass is 32.2. The van der Waals surface area contributed by atoms with Crippen molar-refractivity contribution >= 4 is 15.7 Å². The zero-order valence-electron chi connectivity index (χ0n) is 13.2. The van der Waals surface area contributed by atoms with Crippen molar-refractivity contribution in [1.29, 1.82) is 0 Å². The Bertz CT molecular complexity index is 903. The molecule has 0 unspecified atom stereocenters. The van der Waals surface area contributed by atoms with Gasteiger partial charge in [0.05, 0.1) is 5.75 Å². The summed E-state index contributed by atoms with van der Waals surface area (Å²) in [4.78, 5) is 4.49. The first-order valence-electron chi connectivity index (χ1n) is 7.62. The molecule has 0 saturated heterocycles. The molecule has 2 N–H and O–H groups in total. The summed E-state index contributed by atoms with van der Waals surface area (Å²) in [6.45, 7) is 1.60. The lowest BCUT2D eigenvalue weighted by atomic mass is 10.1. The Balaban J connectivity index is 1.73. The number of hydrogen-bond acceptors (Lipinski definition) is 4. The molecule has 3 rings (SSSR count). The van der Waals surface area contributed by atoms with Crippen LogP contribution in [-0.2, 0) is 16.4 Å². The zero-order valence-corrected chi connectivity index (χ0v) is 14.0. The third-order valence-electron chi connectivity index (χ3n) is 3.54. The third-order valence-corrected chi connectivity index (χ3v) is 4.85. The number of hydrogen-bond donors (Lipinski definition) is 2. The van der Waals surface area contributed by atoms with Crippen LogP contribution in [0.15, 0.2) is 54.6 Å². The molecule has 0 fully saturated rings. The van der Waals surface area contributed by atoms with Gasteiger partial charge >= 0.3 is 0 Å². The largest absolute Gasteiger partial charge is 0.284 e. The summed E-state index contributed by atoms with van der Waals surface area (Å²) in [6, 6.07) is 17.0. The minimum Gasteiger partial charge on any atom is -0.284 e. The lowest BCUT2D eigenvalue weighted by Gasteiger charge is -2.05. The van der Waals surface area contributed by atoms with Crippen LogP contribution in [0.1, 0.15) is 18.3 Å². The van der Waals surface area contributed by atoms with Crippen molar-refractivity contribution in [3.8, 4) is 11.4 Å². The van der Waals surface area contributed by atoms with Crippen molar-refractivity contribution in [2.24, 2.45) is 0 Å². The van der Waals surface area contributed by atoms with E-state index in [0.717, 1.165) is 17.0 Å². The van der Waals surface area contributed by atoms with Crippen LogP contribution >= 0.6 is 0 Å². The van der Waals surface area contributed by atoms with Crippen molar-refractivity contribution < 1.29 is 8.42 Å². The molecule has 24 heavy (non-hydrogen) atoms. The quantitative estimate of drug-likeness (QED) is 0.721. The number of nitrogens with zero attached hydrogens (tertiary/aromatic N) is 2. The van der Waals surface area contributed by atoms with Crippen LogP contribution in [0.25, 0.3) is 11.4 Å². The zero-order chi connectivity index (χ0) is 17.0. The van der Waals surface area contributed by atoms with Crippen LogP contribution in [0.3, 0.4) is 0 Å². The average molecular weight is 342 g/mol. The van der Waals surface area contributed by atoms with Crippen LogP contribution in [0.2, 0.25) is 0 Å². The van der Waals surface area contributed by atoms with Crippen molar-refractivity contribution in [2.45, 2.75) is 13.3 Å². The minimum absolute atomic E-state index is 0.0402. The predicted octanol–water partition coefficient (Wildman–Crippen LogP) is 2.82. The Kier molecular flexibility index (Phi) is 4.61. The minimum atomic E-state index is -3.27. The Morgan fingerprint density at radius 1 is 1.04 bits per heavy atom. The van der Waals surface area contributed by atoms with Gasteiger partial charge in [-0.1, -0.05) is 30.3 Å². The lowest BCUT2D eigenvalue weighted by molar-refractivity contribution is 0.602. The predicted molar refractivity (Wildman–Crippen MR) is 94.2 cm³/mol.